The van der Waals surface area contributed by atoms with E-state index in [0.717, 1.165) is 25.7 Å². The summed E-state index contributed by atoms with van der Waals surface area (Å²) in [6.07, 6.45) is 4.10. The maximum absolute atomic E-state index is 11.8. The van der Waals surface area contributed by atoms with Crippen LogP contribution in [0.1, 0.15) is 38.4 Å². The summed E-state index contributed by atoms with van der Waals surface area (Å²) < 4.78 is 0. The van der Waals surface area contributed by atoms with Gasteiger partial charge in [0.1, 0.15) is 11.3 Å². The van der Waals surface area contributed by atoms with Gasteiger partial charge in [-0.2, -0.15) is 0 Å². The number of aromatic nitrogens is 4. The number of imidazole rings is 1. The molecule has 108 valence electrons. The van der Waals surface area contributed by atoms with E-state index in [-0.39, 0.29) is 5.41 Å². The highest BCUT2D eigenvalue weighted by atomic mass is 16.2. The highest BCUT2D eigenvalue weighted by Gasteiger charge is 2.37. The van der Waals surface area contributed by atoms with Crippen LogP contribution in [0.5, 0.6) is 0 Å². The Hall–Kier alpha value is -1.89. The fraction of sp³-hybridized carbons (Fsp3) is 0.615. The lowest BCUT2D eigenvalue weighted by atomic mass is 9.70. The molecule has 20 heavy (non-hydrogen) atoms. The molecule has 1 aliphatic rings. The van der Waals surface area contributed by atoms with E-state index in [1.165, 1.54) is 0 Å². The van der Waals surface area contributed by atoms with Gasteiger partial charge in [0.2, 0.25) is 0 Å². The van der Waals surface area contributed by atoms with Crippen molar-refractivity contribution in [2.75, 3.05) is 6.54 Å². The average Bonchev–Trinajstić information content (AvgIpc) is 2.85. The van der Waals surface area contributed by atoms with Crippen molar-refractivity contribution in [3.63, 3.8) is 0 Å². The molecule has 1 saturated carbocycles. The molecule has 0 radical (unpaired) electrons. The maximum atomic E-state index is 11.8. The summed E-state index contributed by atoms with van der Waals surface area (Å²) in [6.45, 7) is 2.73. The second-order valence-electron chi connectivity index (χ2n) is 5.88. The molecule has 0 aliphatic heterocycles. The Morgan fingerprint density at radius 1 is 1.25 bits per heavy atom. The van der Waals surface area contributed by atoms with Crippen molar-refractivity contribution < 1.29 is 0 Å². The molecular weight excluding hydrogens is 258 g/mol. The number of nitrogens with zero attached hydrogens (tertiary/aromatic N) is 1. The van der Waals surface area contributed by atoms with E-state index >= 15 is 0 Å². The fourth-order valence-electron chi connectivity index (χ4n) is 3.04. The minimum absolute atomic E-state index is 0.213. The van der Waals surface area contributed by atoms with Crippen molar-refractivity contribution >= 4 is 11.2 Å². The zero-order chi connectivity index (χ0) is 14.3. The zero-order valence-electron chi connectivity index (χ0n) is 11.5. The molecule has 1 fully saturated rings. The van der Waals surface area contributed by atoms with E-state index in [4.69, 9.17) is 5.73 Å². The van der Waals surface area contributed by atoms with Crippen LogP contribution >= 0.6 is 0 Å². The highest BCUT2D eigenvalue weighted by Crippen LogP contribution is 2.39. The standard InChI is InChI=1S/C13H19N5O2/c1-7-2-4-13(6-14,5-3-7)11-15-8-9(16-11)17-12(20)18-10(8)19/h7H,2-6,14H2,1H3,(H3,15,16,17,18,19,20). The van der Waals surface area contributed by atoms with Gasteiger partial charge in [0.15, 0.2) is 5.65 Å². The highest BCUT2D eigenvalue weighted by molar-refractivity contribution is 5.69. The number of nitrogens with one attached hydrogen (secondary N) is 3. The van der Waals surface area contributed by atoms with E-state index in [1.54, 1.807) is 0 Å². The fourth-order valence-corrected chi connectivity index (χ4v) is 3.04. The molecule has 0 aromatic carbocycles. The lowest BCUT2D eigenvalue weighted by Crippen LogP contribution is -2.39. The summed E-state index contributed by atoms with van der Waals surface area (Å²) in [5.74, 6) is 1.41. The molecular formula is C13H19N5O2. The maximum Gasteiger partial charge on any atom is 0.327 e. The normalized spacial score (nSPS) is 27.0. The third-order valence-corrected chi connectivity index (χ3v) is 4.51. The molecule has 0 spiro atoms. The average molecular weight is 277 g/mol. The quantitative estimate of drug-likeness (QED) is 0.632. The lowest BCUT2D eigenvalue weighted by molar-refractivity contribution is 0.238. The second-order valence-corrected chi connectivity index (χ2v) is 5.88. The van der Waals surface area contributed by atoms with E-state index in [1.807, 2.05) is 0 Å². The van der Waals surface area contributed by atoms with Crippen LogP contribution < -0.4 is 17.0 Å². The lowest BCUT2D eigenvalue weighted by Gasteiger charge is -2.36. The third kappa shape index (κ3) is 1.98. The molecule has 2 heterocycles. The van der Waals surface area contributed by atoms with Crippen LogP contribution in [0.25, 0.3) is 11.2 Å². The molecule has 2 aromatic rings. The smallest absolute Gasteiger partial charge is 0.327 e. The van der Waals surface area contributed by atoms with E-state index in [2.05, 4.69) is 26.9 Å². The zero-order valence-corrected chi connectivity index (χ0v) is 11.5. The van der Waals surface area contributed by atoms with Crippen molar-refractivity contribution in [3.8, 4) is 0 Å². The van der Waals surface area contributed by atoms with Gasteiger partial charge in [-0.3, -0.25) is 14.8 Å². The van der Waals surface area contributed by atoms with Gasteiger partial charge in [0.05, 0.1) is 0 Å². The van der Waals surface area contributed by atoms with E-state index in [0.29, 0.717) is 29.5 Å². The van der Waals surface area contributed by atoms with Crippen LogP contribution in [0.15, 0.2) is 9.59 Å². The molecule has 3 rings (SSSR count). The number of H-pyrrole nitrogens is 3. The van der Waals surface area contributed by atoms with Gasteiger partial charge in [-0.1, -0.05) is 6.92 Å². The van der Waals surface area contributed by atoms with E-state index in [9.17, 15) is 9.59 Å². The molecule has 7 nitrogen and oxygen atoms in total. The Kier molecular flexibility index (Phi) is 3.01. The van der Waals surface area contributed by atoms with Gasteiger partial charge in [0.25, 0.3) is 5.56 Å². The van der Waals surface area contributed by atoms with Gasteiger partial charge in [0, 0.05) is 12.0 Å². The van der Waals surface area contributed by atoms with Crippen LogP contribution in [0, 0.1) is 5.92 Å². The molecule has 0 bridgehead atoms. The molecule has 0 amide bonds. The number of hydrogen-bond donors (Lipinski definition) is 4. The first-order chi connectivity index (χ1) is 9.54. The van der Waals surface area contributed by atoms with Crippen LogP contribution in [-0.4, -0.2) is 26.5 Å². The first kappa shape index (κ1) is 13.1. The Balaban J connectivity index is 2.11. The minimum Gasteiger partial charge on any atom is -0.336 e. The van der Waals surface area contributed by atoms with Crippen LogP contribution in [0.3, 0.4) is 0 Å². The number of fused-ring (bicyclic) bond motifs is 1. The van der Waals surface area contributed by atoms with Gasteiger partial charge >= 0.3 is 5.69 Å². The summed E-state index contributed by atoms with van der Waals surface area (Å²) in [5.41, 5.74) is 5.40. The second kappa shape index (κ2) is 4.59. The Morgan fingerprint density at radius 3 is 2.60 bits per heavy atom. The molecule has 5 N–H and O–H groups in total. The monoisotopic (exact) mass is 277 g/mol. The van der Waals surface area contributed by atoms with Gasteiger partial charge in [-0.25, -0.2) is 9.78 Å². The predicted octanol–water partition coefficient (Wildman–Crippen LogP) is 0.346. The van der Waals surface area contributed by atoms with Crippen LogP contribution in [-0.2, 0) is 5.41 Å². The Labute approximate surface area is 115 Å². The van der Waals surface area contributed by atoms with Crippen molar-refractivity contribution in [1.29, 1.82) is 0 Å². The first-order valence-electron chi connectivity index (χ1n) is 6.97. The van der Waals surface area contributed by atoms with Crippen molar-refractivity contribution in [1.82, 2.24) is 19.9 Å². The molecule has 2 aromatic heterocycles. The topological polar surface area (TPSA) is 120 Å². The van der Waals surface area contributed by atoms with Crippen molar-refractivity contribution in [2.24, 2.45) is 11.7 Å². The Morgan fingerprint density at radius 2 is 1.95 bits per heavy atom. The predicted molar refractivity (Wildman–Crippen MR) is 75.7 cm³/mol. The van der Waals surface area contributed by atoms with Crippen molar-refractivity contribution in [3.05, 3.63) is 26.7 Å². The number of rotatable bonds is 2. The van der Waals surface area contributed by atoms with Crippen LogP contribution in [0.4, 0.5) is 0 Å². The number of aromatic amines is 3. The summed E-state index contributed by atoms with van der Waals surface area (Å²) in [6, 6.07) is 0. The molecule has 0 unspecified atom stereocenters. The first-order valence-corrected chi connectivity index (χ1v) is 6.97. The molecule has 0 saturated heterocycles. The largest absolute Gasteiger partial charge is 0.336 e. The van der Waals surface area contributed by atoms with Crippen molar-refractivity contribution in [2.45, 2.75) is 38.0 Å². The molecule has 7 heteroatoms. The summed E-state index contributed by atoms with van der Waals surface area (Å²) in [4.78, 5) is 35.3. The van der Waals surface area contributed by atoms with Gasteiger partial charge in [-0.15, -0.1) is 0 Å². The summed E-state index contributed by atoms with van der Waals surface area (Å²) in [5, 5.41) is 0. The molecule has 0 atom stereocenters. The molecule has 1 aliphatic carbocycles. The number of hydrogen-bond acceptors (Lipinski definition) is 4. The van der Waals surface area contributed by atoms with Gasteiger partial charge < -0.3 is 10.7 Å². The summed E-state index contributed by atoms with van der Waals surface area (Å²) in [7, 11) is 0. The summed E-state index contributed by atoms with van der Waals surface area (Å²) >= 11 is 0. The van der Waals surface area contributed by atoms with E-state index < -0.39 is 11.2 Å². The van der Waals surface area contributed by atoms with Crippen LogP contribution in [0.2, 0.25) is 0 Å². The van der Waals surface area contributed by atoms with Gasteiger partial charge in [-0.05, 0) is 31.6 Å². The minimum atomic E-state index is -0.542. The Bertz CT molecular complexity index is 733. The SMILES string of the molecule is CC1CCC(CN)(c2nc3[nH]c(=O)[nH]c(=O)c3[nH]2)CC1. The number of nitrogens with two attached hydrogens (primary N) is 1. The third-order valence-electron chi connectivity index (χ3n) is 4.51.